The monoisotopic (exact) mass is 287 g/mol. The van der Waals surface area contributed by atoms with Gasteiger partial charge in [0, 0.05) is 18.4 Å². The highest BCUT2D eigenvalue weighted by atomic mass is 16.6. The average Bonchev–Trinajstić information content (AvgIpc) is 2.70. The minimum atomic E-state index is -0.699. The molecule has 0 saturated carbocycles. The molecule has 110 valence electrons. The minimum absolute atomic E-state index is 0.00886. The second-order valence-electron chi connectivity index (χ2n) is 5.75. The van der Waals surface area contributed by atoms with Gasteiger partial charge in [-0.05, 0) is 25.0 Å². The van der Waals surface area contributed by atoms with Crippen molar-refractivity contribution < 1.29 is 19.1 Å². The number of aryl methyl sites for hydroxylation is 1. The molecule has 1 aromatic carbocycles. The normalized spacial score (nSPS) is 24.3. The Kier molecular flexibility index (Phi) is 3.20. The number of anilines is 1. The smallest absolute Gasteiger partial charge is 0.334 e. The van der Waals surface area contributed by atoms with E-state index in [1.54, 1.807) is 6.07 Å². The van der Waals surface area contributed by atoms with Crippen LogP contribution in [0.1, 0.15) is 25.3 Å². The molecule has 0 bridgehead atoms. The first-order chi connectivity index (χ1) is 9.97. The molecule has 0 radical (unpaired) electrons. The highest BCUT2D eigenvalue weighted by Gasteiger charge is 2.39. The fraction of sp³-hybridized carbons (Fsp3) is 0.375. The van der Waals surface area contributed by atoms with E-state index in [9.17, 15) is 9.59 Å². The number of carbonyl (C=O) groups excluding carboxylic acids is 2. The number of carbonyl (C=O) groups is 2. The van der Waals surface area contributed by atoms with Crippen LogP contribution in [0.2, 0.25) is 0 Å². The van der Waals surface area contributed by atoms with Crippen LogP contribution in [-0.2, 0) is 20.7 Å². The number of para-hydroxylation sites is 1. The quantitative estimate of drug-likeness (QED) is 0.684. The van der Waals surface area contributed by atoms with Crippen LogP contribution in [0.4, 0.5) is 5.69 Å². The Bertz CT molecular complexity index is 619. The Morgan fingerprint density at radius 2 is 2.19 bits per heavy atom. The lowest BCUT2D eigenvalue weighted by atomic mass is 10.0. The Balaban J connectivity index is 1.76. The average molecular weight is 287 g/mol. The second kappa shape index (κ2) is 4.91. The van der Waals surface area contributed by atoms with Gasteiger partial charge in [-0.1, -0.05) is 18.7 Å². The van der Waals surface area contributed by atoms with Gasteiger partial charge in [0.1, 0.15) is 18.0 Å². The fourth-order valence-corrected chi connectivity index (χ4v) is 2.66. The number of benzene rings is 1. The molecule has 5 heteroatoms. The number of hydrogen-bond donors (Lipinski definition) is 1. The van der Waals surface area contributed by atoms with Crippen molar-refractivity contribution in [3.8, 4) is 5.75 Å². The molecule has 1 amide bonds. The number of cyclic esters (lactones) is 1. The topological polar surface area (TPSA) is 64.6 Å². The molecule has 3 rings (SSSR count). The fourth-order valence-electron chi connectivity index (χ4n) is 2.66. The molecule has 1 unspecified atom stereocenters. The highest BCUT2D eigenvalue weighted by Crippen LogP contribution is 2.35. The molecule has 1 atom stereocenters. The molecule has 0 spiro atoms. The Morgan fingerprint density at radius 3 is 2.90 bits per heavy atom. The summed E-state index contributed by atoms with van der Waals surface area (Å²) < 4.78 is 11.1. The van der Waals surface area contributed by atoms with Gasteiger partial charge in [-0.2, -0.15) is 0 Å². The lowest BCUT2D eigenvalue weighted by Crippen LogP contribution is -2.32. The third kappa shape index (κ3) is 2.63. The third-order valence-corrected chi connectivity index (χ3v) is 3.75. The van der Waals surface area contributed by atoms with Gasteiger partial charge in [-0.15, -0.1) is 0 Å². The third-order valence-electron chi connectivity index (χ3n) is 3.75. The predicted molar refractivity (Wildman–Crippen MR) is 77.1 cm³/mol. The van der Waals surface area contributed by atoms with Crippen LogP contribution < -0.4 is 10.1 Å². The van der Waals surface area contributed by atoms with Crippen LogP contribution in [0.25, 0.3) is 0 Å². The second-order valence-corrected chi connectivity index (χ2v) is 5.75. The molecule has 21 heavy (non-hydrogen) atoms. The summed E-state index contributed by atoms with van der Waals surface area (Å²) in [6.07, 6.45) is 1.65. The molecule has 2 heterocycles. The van der Waals surface area contributed by atoms with E-state index < -0.39 is 5.60 Å². The molecule has 1 aromatic rings. The van der Waals surface area contributed by atoms with Crippen molar-refractivity contribution in [2.24, 2.45) is 0 Å². The number of hydrogen-bond acceptors (Lipinski definition) is 4. The van der Waals surface area contributed by atoms with Gasteiger partial charge >= 0.3 is 5.97 Å². The molecular weight excluding hydrogens is 270 g/mol. The zero-order valence-electron chi connectivity index (χ0n) is 11.9. The van der Waals surface area contributed by atoms with Gasteiger partial charge in [0.25, 0.3) is 0 Å². The van der Waals surface area contributed by atoms with E-state index in [-0.39, 0.29) is 18.5 Å². The highest BCUT2D eigenvalue weighted by molar-refractivity contribution is 5.95. The number of amides is 1. The van der Waals surface area contributed by atoms with Crippen LogP contribution in [0.3, 0.4) is 0 Å². The first-order valence-electron chi connectivity index (χ1n) is 6.92. The van der Waals surface area contributed by atoms with Crippen molar-refractivity contribution in [2.45, 2.75) is 31.8 Å². The van der Waals surface area contributed by atoms with E-state index >= 15 is 0 Å². The number of ether oxygens (including phenoxy) is 2. The van der Waals surface area contributed by atoms with Gasteiger partial charge in [-0.25, -0.2) is 4.79 Å². The number of rotatable bonds is 3. The largest absolute Gasteiger partial charge is 0.487 e. The maximum absolute atomic E-state index is 11.5. The summed E-state index contributed by atoms with van der Waals surface area (Å²) in [5, 5.41) is 2.84. The van der Waals surface area contributed by atoms with Crippen LogP contribution >= 0.6 is 0 Å². The lowest BCUT2D eigenvalue weighted by Gasteiger charge is -2.25. The van der Waals surface area contributed by atoms with Crippen molar-refractivity contribution in [3.63, 3.8) is 0 Å². The number of nitrogens with one attached hydrogen (secondary N) is 1. The predicted octanol–water partition coefficient (Wildman–Crippen LogP) is 2.21. The Labute approximate surface area is 122 Å². The standard InChI is InChI=1S/C16H17NO4/c1-10-8-16(2,21-15(10)19)9-20-12-5-3-4-11-6-7-13(18)17-14(11)12/h3-5H,1,6-9H2,2H3,(H,17,18). The van der Waals surface area contributed by atoms with Gasteiger partial charge in [0.2, 0.25) is 5.91 Å². The van der Waals surface area contributed by atoms with E-state index in [2.05, 4.69) is 11.9 Å². The van der Waals surface area contributed by atoms with E-state index in [1.807, 2.05) is 19.1 Å². The summed E-state index contributed by atoms with van der Waals surface area (Å²) in [6.45, 7) is 5.72. The summed E-state index contributed by atoms with van der Waals surface area (Å²) in [6, 6.07) is 5.67. The van der Waals surface area contributed by atoms with Gasteiger partial charge in [0.05, 0.1) is 5.69 Å². The van der Waals surface area contributed by atoms with Crippen LogP contribution in [0.15, 0.2) is 30.4 Å². The first-order valence-corrected chi connectivity index (χ1v) is 6.92. The van der Waals surface area contributed by atoms with Gasteiger partial charge in [-0.3, -0.25) is 4.79 Å². The molecule has 1 fully saturated rings. The number of esters is 1. The molecule has 0 aliphatic carbocycles. The Hall–Kier alpha value is -2.30. The maximum Gasteiger partial charge on any atom is 0.334 e. The van der Waals surface area contributed by atoms with Crippen molar-refractivity contribution in [2.75, 3.05) is 11.9 Å². The molecule has 1 saturated heterocycles. The summed E-state index contributed by atoms with van der Waals surface area (Å²) in [4.78, 5) is 23.0. The Morgan fingerprint density at radius 1 is 1.38 bits per heavy atom. The van der Waals surface area contributed by atoms with Gasteiger partial charge < -0.3 is 14.8 Å². The van der Waals surface area contributed by atoms with Crippen molar-refractivity contribution in [1.82, 2.24) is 0 Å². The molecule has 2 aliphatic rings. The summed E-state index contributed by atoms with van der Waals surface area (Å²) in [5.74, 6) is 0.227. The van der Waals surface area contributed by atoms with E-state index in [4.69, 9.17) is 9.47 Å². The molecule has 1 N–H and O–H groups in total. The zero-order valence-corrected chi connectivity index (χ0v) is 11.9. The van der Waals surface area contributed by atoms with Crippen molar-refractivity contribution in [1.29, 1.82) is 0 Å². The zero-order chi connectivity index (χ0) is 15.0. The molecule has 2 aliphatic heterocycles. The number of fused-ring (bicyclic) bond motifs is 1. The van der Waals surface area contributed by atoms with Gasteiger partial charge in [0.15, 0.2) is 0 Å². The van der Waals surface area contributed by atoms with Crippen LogP contribution in [0.5, 0.6) is 5.75 Å². The summed E-state index contributed by atoms with van der Waals surface area (Å²) >= 11 is 0. The van der Waals surface area contributed by atoms with E-state index in [0.29, 0.717) is 30.6 Å². The lowest BCUT2D eigenvalue weighted by molar-refractivity contribution is -0.147. The molecular formula is C16H17NO4. The minimum Gasteiger partial charge on any atom is -0.487 e. The van der Waals surface area contributed by atoms with Crippen LogP contribution in [-0.4, -0.2) is 24.1 Å². The molecule has 5 nitrogen and oxygen atoms in total. The maximum atomic E-state index is 11.5. The van der Waals surface area contributed by atoms with Crippen LogP contribution in [0, 0.1) is 0 Å². The molecule has 0 aromatic heterocycles. The van der Waals surface area contributed by atoms with Crippen molar-refractivity contribution >= 4 is 17.6 Å². The summed E-state index contributed by atoms with van der Waals surface area (Å²) in [7, 11) is 0. The first kappa shape index (κ1) is 13.7. The SMILES string of the molecule is C=C1CC(C)(COc2cccc3c2NC(=O)CC3)OC1=O. The van der Waals surface area contributed by atoms with E-state index in [1.165, 1.54) is 0 Å². The summed E-state index contributed by atoms with van der Waals surface area (Å²) in [5.41, 5.74) is 1.55. The van der Waals surface area contributed by atoms with E-state index in [0.717, 1.165) is 11.3 Å². The van der Waals surface area contributed by atoms with Crippen molar-refractivity contribution in [3.05, 3.63) is 35.9 Å².